The molecule has 2 aromatic rings. The molecule has 4 heteroatoms. The van der Waals surface area contributed by atoms with E-state index < -0.39 is 6.10 Å². The highest BCUT2D eigenvalue weighted by Gasteiger charge is 2.14. The van der Waals surface area contributed by atoms with Crippen LogP contribution in [-0.2, 0) is 11.2 Å². The third kappa shape index (κ3) is 5.78. The van der Waals surface area contributed by atoms with Crippen LogP contribution in [0.25, 0.3) is 0 Å². The molecule has 0 spiro atoms. The molecule has 0 aliphatic heterocycles. The van der Waals surface area contributed by atoms with Gasteiger partial charge in [-0.25, -0.2) is 4.39 Å². The second kappa shape index (κ2) is 8.60. The van der Waals surface area contributed by atoms with E-state index in [1.807, 2.05) is 38.1 Å². The molecular formula is C20H24FNO2. The number of nitrogens with one attached hydrogen (secondary N) is 1. The van der Waals surface area contributed by atoms with Crippen LogP contribution < -0.4 is 5.32 Å². The maximum absolute atomic E-state index is 12.9. The Morgan fingerprint density at radius 3 is 2.38 bits per heavy atom. The third-order valence-corrected chi connectivity index (χ3v) is 4.00. The van der Waals surface area contributed by atoms with E-state index in [0.717, 1.165) is 5.56 Å². The lowest BCUT2D eigenvalue weighted by Gasteiger charge is -2.18. The summed E-state index contributed by atoms with van der Waals surface area (Å²) in [5.41, 5.74) is 2.98. The molecule has 2 unspecified atom stereocenters. The van der Waals surface area contributed by atoms with E-state index in [1.54, 1.807) is 12.1 Å². The largest absolute Gasteiger partial charge is 0.388 e. The van der Waals surface area contributed by atoms with Gasteiger partial charge in [0.2, 0.25) is 5.91 Å². The number of amides is 1. The molecule has 128 valence electrons. The molecule has 1 amide bonds. The molecule has 2 rings (SSSR count). The Bertz CT molecular complexity index is 652. The van der Waals surface area contributed by atoms with Crippen molar-refractivity contribution in [2.24, 2.45) is 0 Å². The van der Waals surface area contributed by atoms with Crippen LogP contribution in [0.15, 0.2) is 48.5 Å². The van der Waals surface area contributed by atoms with Gasteiger partial charge in [-0.3, -0.25) is 4.79 Å². The lowest BCUT2D eigenvalue weighted by molar-refractivity contribution is -0.121. The second-order valence-corrected chi connectivity index (χ2v) is 6.26. The minimum atomic E-state index is -0.724. The van der Waals surface area contributed by atoms with Gasteiger partial charge >= 0.3 is 0 Å². The predicted octanol–water partition coefficient (Wildman–Crippen LogP) is 3.70. The SMILES string of the molecule is Cc1ccc(CCC(=O)NC(C)CC(O)c2ccc(F)cc2)cc1. The molecule has 24 heavy (non-hydrogen) atoms. The molecule has 0 aromatic heterocycles. The summed E-state index contributed by atoms with van der Waals surface area (Å²) >= 11 is 0. The van der Waals surface area contributed by atoms with Crippen LogP contribution >= 0.6 is 0 Å². The highest BCUT2D eigenvalue weighted by atomic mass is 19.1. The number of aliphatic hydroxyl groups is 1. The fraction of sp³-hybridized carbons (Fsp3) is 0.350. The summed E-state index contributed by atoms with van der Waals surface area (Å²) in [5, 5.41) is 13.1. The highest BCUT2D eigenvalue weighted by molar-refractivity contribution is 5.76. The van der Waals surface area contributed by atoms with Crippen molar-refractivity contribution in [1.82, 2.24) is 5.32 Å². The van der Waals surface area contributed by atoms with Gasteiger partial charge in [-0.2, -0.15) is 0 Å². The van der Waals surface area contributed by atoms with E-state index in [4.69, 9.17) is 0 Å². The van der Waals surface area contributed by atoms with E-state index in [1.165, 1.54) is 17.7 Å². The number of hydrogen-bond donors (Lipinski definition) is 2. The Morgan fingerprint density at radius 1 is 1.12 bits per heavy atom. The Kier molecular flexibility index (Phi) is 6.50. The molecule has 2 atom stereocenters. The summed E-state index contributed by atoms with van der Waals surface area (Å²) in [6.45, 7) is 3.89. The molecule has 0 bridgehead atoms. The monoisotopic (exact) mass is 329 g/mol. The molecule has 0 aliphatic carbocycles. The number of halogens is 1. The van der Waals surface area contributed by atoms with Crippen LogP contribution in [0.1, 0.15) is 42.6 Å². The van der Waals surface area contributed by atoms with Crippen molar-refractivity contribution in [3.05, 3.63) is 71.0 Å². The van der Waals surface area contributed by atoms with E-state index in [9.17, 15) is 14.3 Å². The smallest absolute Gasteiger partial charge is 0.220 e. The van der Waals surface area contributed by atoms with Crippen molar-refractivity contribution in [3.63, 3.8) is 0 Å². The second-order valence-electron chi connectivity index (χ2n) is 6.26. The molecule has 0 aliphatic rings. The first-order valence-corrected chi connectivity index (χ1v) is 8.22. The molecule has 3 nitrogen and oxygen atoms in total. The highest BCUT2D eigenvalue weighted by Crippen LogP contribution is 2.18. The standard InChI is InChI=1S/C20H24FNO2/c1-14-3-5-16(6-4-14)7-12-20(24)22-15(2)13-19(23)17-8-10-18(21)11-9-17/h3-6,8-11,15,19,23H,7,12-13H2,1-2H3,(H,22,24). The molecule has 0 saturated heterocycles. The Hall–Kier alpha value is -2.20. The fourth-order valence-corrected chi connectivity index (χ4v) is 2.57. The third-order valence-electron chi connectivity index (χ3n) is 4.00. The van der Waals surface area contributed by atoms with Gasteiger partial charge in [0, 0.05) is 12.5 Å². The van der Waals surface area contributed by atoms with E-state index in [0.29, 0.717) is 24.8 Å². The summed E-state index contributed by atoms with van der Waals surface area (Å²) in [6, 6.07) is 13.7. The molecule has 2 aromatic carbocycles. The van der Waals surface area contributed by atoms with Gasteiger partial charge in [-0.05, 0) is 49.9 Å². The minimum Gasteiger partial charge on any atom is -0.388 e. The van der Waals surface area contributed by atoms with Gasteiger partial charge in [0.1, 0.15) is 5.82 Å². The number of carbonyl (C=O) groups is 1. The summed E-state index contributed by atoms with van der Waals surface area (Å²) in [4.78, 5) is 12.0. The van der Waals surface area contributed by atoms with Gasteiger partial charge in [0.15, 0.2) is 0 Å². The van der Waals surface area contributed by atoms with Gasteiger partial charge in [-0.15, -0.1) is 0 Å². The number of rotatable bonds is 7. The summed E-state index contributed by atoms with van der Waals surface area (Å²) in [5.74, 6) is -0.363. The van der Waals surface area contributed by atoms with Crippen molar-refractivity contribution in [3.8, 4) is 0 Å². The Morgan fingerprint density at radius 2 is 1.75 bits per heavy atom. The molecule has 2 N–H and O–H groups in total. The van der Waals surface area contributed by atoms with Crippen molar-refractivity contribution < 1.29 is 14.3 Å². The van der Waals surface area contributed by atoms with Crippen molar-refractivity contribution in [2.75, 3.05) is 0 Å². The van der Waals surface area contributed by atoms with Crippen LogP contribution in [0.2, 0.25) is 0 Å². The van der Waals surface area contributed by atoms with Crippen LogP contribution in [-0.4, -0.2) is 17.1 Å². The lowest BCUT2D eigenvalue weighted by Crippen LogP contribution is -2.33. The number of carbonyl (C=O) groups excluding carboxylic acids is 1. The minimum absolute atomic E-state index is 0.0330. The van der Waals surface area contributed by atoms with Gasteiger partial charge in [0.25, 0.3) is 0 Å². The van der Waals surface area contributed by atoms with E-state index in [2.05, 4.69) is 5.32 Å². The fourth-order valence-electron chi connectivity index (χ4n) is 2.57. The first-order chi connectivity index (χ1) is 11.4. The predicted molar refractivity (Wildman–Crippen MR) is 93.1 cm³/mol. The van der Waals surface area contributed by atoms with Gasteiger partial charge < -0.3 is 10.4 Å². The molecule has 0 saturated carbocycles. The number of benzene rings is 2. The summed E-state index contributed by atoms with van der Waals surface area (Å²) in [6.07, 6.45) is 0.777. The maximum Gasteiger partial charge on any atom is 0.220 e. The van der Waals surface area contributed by atoms with E-state index in [-0.39, 0.29) is 17.8 Å². The van der Waals surface area contributed by atoms with Crippen LogP contribution in [0.3, 0.4) is 0 Å². The maximum atomic E-state index is 12.9. The first-order valence-electron chi connectivity index (χ1n) is 8.22. The zero-order valence-electron chi connectivity index (χ0n) is 14.1. The summed E-state index contributed by atoms with van der Waals surface area (Å²) in [7, 11) is 0. The normalized spacial score (nSPS) is 13.3. The zero-order chi connectivity index (χ0) is 17.5. The summed E-state index contributed by atoms with van der Waals surface area (Å²) < 4.78 is 12.9. The van der Waals surface area contributed by atoms with Gasteiger partial charge in [0.05, 0.1) is 6.10 Å². The Balaban J connectivity index is 1.76. The average Bonchev–Trinajstić information content (AvgIpc) is 2.54. The average molecular weight is 329 g/mol. The number of aryl methyl sites for hydroxylation is 2. The zero-order valence-corrected chi connectivity index (χ0v) is 14.1. The number of aliphatic hydroxyl groups excluding tert-OH is 1. The first kappa shape index (κ1) is 18.1. The van der Waals surface area contributed by atoms with E-state index >= 15 is 0 Å². The van der Waals surface area contributed by atoms with Crippen molar-refractivity contribution in [2.45, 2.75) is 45.3 Å². The molecule has 0 radical (unpaired) electrons. The molecular weight excluding hydrogens is 305 g/mol. The molecule has 0 heterocycles. The van der Waals surface area contributed by atoms with Crippen molar-refractivity contribution >= 4 is 5.91 Å². The van der Waals surface area contributed by atoms with Gasteiger partial charge in [-0.1, -0.05) is 42.0 Å². The lowest BCUT2D eigenvalue weighted by atomic mass is 10.0. The quantitative estimate of drug-likeness (QED) is 0.814. The van der Waals surface area contributed by atoms with Crippen LogP contribution in [0.4, 0.5) is 4.39 Å². The van der Waals surface area contributed by atoms with Crippen LogP contribution in [0, 0.1) is 12.7 Å². The topological polar surface area (TPSA) is 49.3 Å². The van der Waals surface area contributed by atoms with Crippen molar-refractivity contribution in [1.29, 1.82) is 0 Å². The Labute approximate surface area is 142 Å². The molecule has 0 fully saturated rings. The number of hydrogen-bond acceptors (Lipinski definition) is 2. The van der Waals surface area contributed by atoms with Crippen LogP contribution in [0.5, 0.6) is 0 Å².